The Kier molecular flexibility index (Phi) is 6.58. The van der Waals surface area contributed by atoms with E-state index in [1.165, 1.54) is 54.7 Å². The van der Waals surface area contributed by atoms with Crippen LogP contribution in [0, 0.1) is 0 Å². The molecule has 256 valence electrons. The van der Waals surface area contributed by atoms with Gasteiger partial charge in [-0.1, -0.05) is 159 Å². The van der Waals surface area contributed by atoms with Gasteiger partial charge in [-0.3, -0.25) is 4.40 Å². The lowest BCUT2D eigenvalue weighted by Crippen LogP contribution is -2.26. The highest BCUT2D eigenvalue weighted by Crippen LogP contribution is 2.52. The number of rotatable bonds is 4. The highest BCUT2D eigenvalue weighted by atomic mass is 31.2. The lowest BCUT2D eigenvalue weighted by atomic mass is 9.81. The Bertz CT molecular complexity index is 3170. The van der Waals surface area contributed by atoms with Crippen LogP contribution in [-0.2, 0) is 9.98 Å². The van der Waals surface area contributed by atoms with Gasteiger partial charge in [0, 0.05) is 32.1 Å². The van der Waals surface area contributed by atoms with Crippen molar-refractivity contribution in [3.8, 4) is 22.3 Å². The van der Waals surface area contributed by atoms with Gasteiger partial charge in [0.1, 0.15) is 5.65 Å². The molecule has 1 aliphatic rings. The largest absolute Gasteiger partial charge is 0.309 e. The van der Waals surface area contributed by atoms with Crippen LogP contribution >= 0.6 is 7.14 Å². The Morgan fingerprint density at radius 2 is 1.11 bits per heavy atom. The molecule has 11 rings (SSSR count). The number of aromatic nitrogens is 2. The van der Waals surface area contributed by atoms with E-state index in [-0.39, 0.29) is 5.41 Å². The fourth-order valence-electron chi connectivity index (χ4n) is 9.12. The van der Waals surface area contributed by atoms with Crippen molar-refractivity contribution in [3.05, 3.63) is 187 Å². The summed E-state index contributed by atoms with van der Waals surface area (Å²) in [5.41, 5.74) is 11.2. The van der Waals surface area contributed by atoms with E-state index in [9.17, 15) is 0 Å². The zero-order chi connectivity index (χ0) is 36.2. The topological polar surface area (TPSA) is 34.4 Å². The molecule has 4 heteroatoms. The van der Waals surface area contributed by atoms with Gasteiger partial charge in [0.15, 0.2) is 7.14 Å². The fourth-order valence-corrected chi connectivity index (χ4v) is 11.8. The summed E-state index contributed by atoms with van der Waals surface area (Å²) in [4.78, 5) is 5.24. The molecule has 0 fully saturated rings. The third-order valence-corrected chi connectivity index (χ3v) is 14.9. The molecule has 0 unspecified atom stereocenters. The second-order valence-electron chi connectivity index (χ2n) is 15.1. The monoisotopic (exact) mass is 710 g/mol. The van der Waals surface area contributed by atoms with Gasteiger partial charge >= 0.3 is 0 Å². The predicted octanol–water partition coefficient (Wildman–Crippen LogP) is 11.6. The second kappa shape index (κ2) is 11.4. The first kappa shape index (κ1) is 31.3. The number of imidazole rings is 1. The Morgan fingerprint density at radius 3 is 1.89 bits per heavy atom. The second-order valence-corrected chi connectivity index (χ2v) is 17.9. The maximum Gasteiger partial charge on any atom is 0.171 e. The highest BCUT2D eigenvalue weighted by molar-refractivity contribution is 7.85. The number of fused-ring (bicyclic) bond motifs is 13. The van der Waals surface area contributed by atoms with Gasteiger partial charge in [-0.25, -0.2) is 4.98 Å². The lowest BCUT2D eigenvalue weighted by Gasteiger charge is -2.25. The van der Waals surface area contributed by atoms with Crippen LogP contribution in [0.2, 0.25) is 0 Å². The van der Waals surface area contributed by atoms with Crippen molar-refractivity contribution in [1.29, 1.82) is 0 Å². The van der Waals surface area contributed by atoms with Crippen LogP contribution in [0.3, 0.4) is 0 Å². The molecule has 1 aliphatic carbocycles. The first-order valence-corrected chi connectivity index (χ1v) is 20.3. The summed E-state index contributed by atoms with van der Waals surface area (Å²) in [6.07, 6.45) is 0. The van der Waals surface area contributed by atoms with Gasteiger partial charge in [-0.05, 0) is 79.9 Å². The third kappa shape index (κ3) is 4.31. The molecule has 2 heterocycles. The minimum absolute atomic E-state index is 0.295. The fraction of sp³-hybridized carbons (Fsp3) is 0.0600. The normalized spacial score (nSPS) is 13.6. The minimum atomic E-state index is -3.11. The van der Waals surface area contributed by atoms with Gasteiger partial charge in [0.25, 0.3) is 0 Å². The quantitative estimate of drug-likeness (QED) is 0.135. The first-order valence-electron chi connectivity index (χ1n) is 18.6. The molecule has 0 atom stereocenters. The molecule has 54 heavy (non-hydrogen) atoms. The molecule has 0 spiro atoms. The summed E-state index contributed by atoms with van der Waals surface area (Å²) in [6, 6.07) is 61.8. The van der Waals surface area contributed by atoms with Gasteiger partial charge < -0.3 is 4.57 Å². The van der Waals surface area contributed by atoms with Crippen LogP contribution in [0.15, 0.2) is 176 Å². The van der Waals surface area contributed by atoms with Crippen LogP contribution in [0.25, 0.3) is 71.4 Å². The van der Waals surface area contributed by atoms with Crippen molar-refractivity contribution in [1.82, 2.24) is 9.38 Å². The van der Waals surface area contributed by atoms with Crippen LogP contribution < -0.4 is 15.9 Å². The lowest BCUT2D eigenvalue weighted by molar-refractivity contribution is 0.592. The zero-order valence-corrected chi connectivity index (χ0v) is 30.9. The molecule has 8 aromatic carbocycles. The van der Waals surface area contributed by atoms with Crippen molar-refractivity contribution < 1.29 is 4.57 Å². The van der Waals surface area contributed by atoms with Gasteiger partial charge in [-0.2, -0.15) is 0 Å². The van der Waals surface area contributed by atoms with E-state index >= 15 is 4.57 Å². The Balaban J connectivity index is 1.08. The Hall–Kier alpha value is -6.28. The smallest absolute Gasteiger partial charge is 0.171 e. The molecule has 3 nitrogen and oxygen atoms in total. The van der Waals surface area contributed by atoms with E-state index < -0.39 is 7.14 Å². The van der Waals surface area contributed by atoms with Crippen LogP contribution in [0.5, 0.6) is 0 Å². The molecule has 0 saturated heterocycles. The van der Waals surface area contributed by atoms with Gasteiger partial charge in [-0.15, -0.1) is 0 Å². The summed E-state index contributed by atoms with van der Waals surface area (Å²) in [5.74, 6) is 0. The standard InChI is InChI=1S/C50H35N2OP/c1-50(2)43-29-33(22-25-39(43)40-28-24-37(31-44(40)50)54(53,35-14-5-3-6-15-35)36-16-7-4-8-17-36)34-23-26-41-42-27-21-32-13-9-10-18-38(32)48(42)49-51-45-19-11-12-20-46(45)52(49)47(41)30-34/h3-31H,1-2H3. The van der Waals surface area contributed by atoms with Crippen LogP contribution in [0.4, 0.5) is 0 Å². The SMILES string of the molecule is CC1(C)c2cc(-c3ccc4c5ccc6ccccc6c5c5nc6ccccc6n5c4c3)ccc2-c2ccc(P(=O)(c3ccccc3)c3ccccc3)cc21. The van der Waals surface area contributed by atoms with E-state index in [1.807, 2.05) is 60.7 Å². The van der Waals surface area contributed by atoms with Crippen molar-refractivity contribution in [3.63, 3.8) is 0 Å². The number of nitrogens with zero attached hydrogens (tertiary/aromatic N) is 2. The molecule has 0 saturated carbocycles. The van der Waals surface area contributed by atoms with Crippen molar-refractivity contribution in [2.24, 2.45) is 0 Å². The number of para-hydroxylation sites is 2. The summed E-state index contributed by atoms with van der Waals surface area (Å²) in [5, 5.41) is 8.60. The maximum absolute atomic E-state index is 15.3. The summed E-state index contributed by atoms with van der Waals surface area (Å²) >= 11 is 0. The van der Waals surface area contributed by atoms with E-state index in [1.54, 1.807) is 0 Å². The van der Waals surface area contributed by atoms with E-state index in [0.717, 1.165) is 43.7 Å². The molecule has 0 radical (unpaired) electrons. The van der Waals surface area contributed by atoms with Gasteiger partial charge in [0.05, 0.1) is 16.6 Å². The minimum Gasteiger partial charge on any atom is -0.309 e. The van der Waals surface area contributed by atoms with Crippen LogP contribution in [0.1, 0.15) is 25.0 Å². The molecule has 2 aromatic heterocycles. The van der Waals surface area contributed by atoms with E-state index in [0.29, 0.717) is 0 Å². The average molecular weight is 711 g/mol. The highest BCUT2D eigenvalue weighted by Gasteiger charge is 2.38. The first-order chi connectivity index (χ1) is 26.4. The maximum atomic E-state index is 15.3. The van der Waals surface area contributed by atoms with E-state index in [2.05, 4.69) is 134 Å². The molecule has 0 N–H and O–H groups in total. The molecule has 0 amide bonds. The molecular formula is C50H35N2OP. The average Bonchev–Trinajstić information content (AvgIpc) is 3.73. The Labute approximate surface area is 313 Å². The van der Waals surface area contributed by atoms with Crippen molar-refractivity contribution in [2.45, 2.75) is 19.3 Å². The summed E-state index contributed by atoms with van der Waals surface area (Å²) in [7, 11) is -3.11. The Morgan fingerprint density at radius 1 is 0.500 bits per heavy atom. The van der Waals surface area contributed by atoms with Crippen molar-refractivity contribution >= 4 is 72.2 Å². The van der Waals surface area contributed by atoms with Gasteiger partial charge in [0.2, 0.25) is 0 Å². The molecular weight excluding hydrogens is 676 g/mol. The molecule has 0 bridgehead atoms. The number of hydrogen-bond acceptors (Lipinski definition) is 2. The number of pyridine rings is 1. The number of benzene rings is 8. The van der Waals surface area contributed by atoms with E-state index in [4.69, 9.17) is 4.98 Å². The number of hydrogen-bond donors (Lipinski definition) is 0. The third-order valence-electron chi connectivity index (χ3n) is 11.8. The van der Waals surface area contributed by atoms with Crippen molar-refractivity contribution in [2.75, 3.05) is 0 Å². The summed E-state index contributed by atoms with van der Waals surface area (Å²) < 4.78 is 17.7. The zero-order valence-electron chi connectivity index (χ0n) is 30.0. The van der Waals surface area contributed by atoms with Crippen LogP contribution in [-0.4, -0.2) is 9.38 Å². The predicted molar refractivity (Wildman–Crippen MR) is 228 cm³/mol. The molecule has 0 aliphatic heterocycles. The molecule has 10 aromatic rings. The summed E-state index contributed by atoms with van der Waals surface area (Å²) in [6.45, 7) is 4.61.